The summed E-state index contributed by atoms with van der Waals surface area (Å²) in [6.45, 7) is 0. The van der Waals surface area contributed by atoms with E-state index < -0.39 is 0 Å². The van der Waals surface area contributed by atoms with Crippen molar-refractivity contribution in [1.29, 1.82) is 0 Å². The summed E-state index contributed by atoms with van der Waals surface area (Å²) in [7, 11) is 0. The second-order valence-corrected chi connectivity index (χ2v) is 5.70. The molecule has 16 heavy (non-hydrogen) atoms. The molecule has 1 aromatic carbocycles. The molecule has 84 valence electrons. The highest BCUT2D eigenvalue weighted by molar-refractivity contribution is 9.10. The van der Waals surface area contributed by atoms with Crippen molar-refractivity contribution in [3.8, 4) is 0 Å². The van der Waals surface area contributed by atoms with E-state index in [0.717, 1.165) is 22.5 Å². The van der Waals surface area contributed by atoms with Gasteiger partial charge in [-0.25, -0.2) is 4.98 Å². The summed E-state index contributed by atoms with van der Waals surface area (Å²) in [5.41, 5.74) is 6.90. The van der Waals surface area contributed by atoms with Crippen molar-refractivity contribution >= 4 is 44.0 Å². The van der Waals surface area contributed by atoms with E-state index in [1.807, 2.05) is 24.3 Å². The Morgan fingerprint density at radius 1 is 1.25 bits per heavy atom. The average Bonchev–Trinajstić information content (AvgIpc) is 2.57. The summed E-state index contributed by atoms with van der Waals surface area (Å²) in [6.07, 6.45) is 1.91. The minimum absolute atomic E-state index is 0.609. The maximum absolute atomic E-state index is 5.83. The Kier molecular flexibility index (Phi) is 3.84. The molecular weight excluding hydrogens is 308 g/mol. The lowest BCUT2D eigenvalue weighted by Gasteiger charge is -2.00. The molecule has 0 unspecified atom stereocenters. The number of thiazole rings is 1. The summed E-state index contributed by atoms with van der Waals surface area (Å²) in [5, 5.41) is 1.38. The van der Waals surface area contributed by atoms with E-state index in [4.69, 9.17) is 17.3 Å². The molecule has 0 amide bonds. The molecule has 0 fully saturated rings. The first-order chi connectivity index (χ1) is 7.65. The van der Waals surface area contributed by atoms with Gasteiger partial charge in [0.2, 0.25) is 0 Å². The molecule has 2 aromatic rings. The standard InChI is InChI=1S/C11H10BrClN2S/c12-10-9(16-11(14)15-10)6-3-7-1-4-8(13)5-2-7/h1-2,4-5H,3,6H2,(H2,14,15). The number of hydrogen-bond donors (Lipinski definition) is 1. The molecule has 0 saturated carbocycles. The van der Waals surface area contributed by atoms with Crippen molar-refractivity contribution < 1.29 is 0 Å². The molecule has 0 atom stereocenters. The monoisotopic (exact) mass is 316 g/mol. The summed E-state index contributed by atoms with van der Waals surface area (Å²) >= 11 is 10.8. The molecule has 0 aliphatic rings. The van der Waals surface area contributed by atoms with Gasteiger partial charge in [-0.15, -0.1) is 11.3 Å². The lowest BCUT2D eigenvalue weighted by Crippen LogP contribution is -1.89. The van der Waals surface area contributed by atoms with Crippen LogP contribution in [0.15, 0.2) is 28.9 Å². The topological polar surface area (TPSA) is 38.9 Å². The highest BCUT2D eigenvalue weighted by Gasteiger charge is 2.06. The number of benzene rings is 1. The molecule has 0 spiro atoms. The van der Waals surface area contributed by atoms with Gasteiger partial charge in [0, 0.05) is 9.90 Å². The van der Waals surface area contributed by atoms with E-state index in [0.29, 0.717) is 5.13 Å². The third kappa shape index (κ3) is 2.97. The SMILES string of the molecule is Nc1nc(Br)c(CCc2ccc(Cl)cc2)s1. The highest BCUT2D eigenvalue weighted by atomic mass is 79.9. The van der Waals surface area contributed by atoms with Gasteiger partial charge < -0.3 is 5.73 Å². The van der Waals surface area contributed by atoms with Gasteiger partial charge in [-0.1, -0.05) is 23.7 Å². The van der Waals surface area contributed by atoms with Crippen molar-refractivity contribution in [3.63, 3.8) is 0 Å². The number of rotatable bonds is 3. The Bertz CT molecular complexity index is 481. The molecule has 5 heteroatoms. The molecule has 0 aliphatic carbocycles. The third-order valence-corrected chi connectivity index (χ3v) is 4.33. The molecule has 0 radical (unpaired) electrons. The molecule has 1 aromatic heterocycles. The van der Waals surface area contributed by atoms with Gasteiger partial charge in [-0.2, -0.15) is 0 Å². The van der Waals surface area contributed by atoms with E-state index in [9.17, 15) is 0 Å². The predicted molar refractivity (Wildman–Crippen MR) is 73.1 cm³/mol. The van der Waals surface area contributed by atoms with Crippen molar-refractivity contribution in [2.75, 3.05) is 5.73 Å². The Morgan fingerprint density at radius 2 is 1.94 bits per heavy atom. The van der Waals surface area contributed by atoms with Crippen LogP contribution in [0, 0.1) is 0 Å². The Hall–Kier alpha value is -0.580. The van der Waals surface area contributed by atoms with Crippen LogP contribution in [0.1, 0.15) is 10.4 Å². The second-order valence-electron chi connectivity index (χ2n) is 3.39. The largest absolute Gasteiger partial charge is 0.375 e. The first kappa shape index (κ1) is 11.9. The van der Waals surface area contributed by atoms with Crippen LogP contribution in [-0.4, -0.2) is 4.98 Å². The zero-order valence-electron chi connectivity index (χ0n) is 8.41. The summed E-state index contributed by atoms with van der Waals surface area (Å²) < 4.78 is 0.865. The first-order valence-electron chi connectivity index (χ1n) is 4.80. The van der Waals surface area contributed by atoms with Crippen LogP contribution in [0.4, 0.5) is 5.13 Å². The minimum Gasteiger partial charge on any atom is -0.375 e. The number of aryl methyl sites for hydroxylation is 2. The lowest BCUT2D eigenvalue weighted by molar-refractivity contribution is 0.970. The van der Waals surface area contributed by atoms with Crippen LogP contribution in [0.2, 0.25) is 5.02 Å². The highest BCUT2D eigenvalue weighted by Crippen LogP contribution is 2.26. The third-order valence-electron chi connectivity index (χ3n) is 2.22. The van der Waals surface area contributed by atoms with Gasteiger partial charge in [0.05, 0.1) is 0 Å². The number of hydrogen-bond acceptors (Lipinski definition) is 3. The number of halogens is 2. The van der Waals surface area contributed by atoms with E-state index in [2.05, 4.69) is 20.9 Å². The minimum atomic E-state index is 0.609. The van der Waals surface area contributed by atoms with Gasteiger partial charge in [-0.05, 0) is 46.5 Å². The number of nitrogen functional groups attached to an aromatic ring is 1. The van der Waals surface area contributed by atoms with Gasteiger partial charge >= 0.3 is 0 Å². The zero-order chi connectivity index (χ0) is 11.5. The van der Waals surface area contributed by atoms with Crippen LogP contribution in [0.5, 0.6) is 0 Å². The van der Waals surface area contributed by atoms with Crippen molar-refractivity contribution in [3.05, 3.63) is 44.3 Å². The second kappa shape index (κ2) is 5.17. The molecule has 2 nitrogen and oxygen atoms in total. The molecular formula is C11H10BrClN2S. The van der Waals surface area contributed by atoms with E-state index in [-0.39, 0.29) is 0 Å². The first-order valence-corrected chi connectivity index (χ1v) is 6.79. The fraction of sp³-hybridized carbons (Fsp3) is 0.182. The smallest absolute Gasteiger partial charge is 0.181 e. The average molecular weight is 318 g/mol. The van der Waals surface area contributed by atoms with Crippen molar-refractivity contribution in [2.45, 2.75) is 12.8 Å². The maximum Gasteiger partial charge on any atom is 0.181 e. The zero-order valence-corrected chi connectivity index (χ0v) is 11.6. The Morgan fingerprint density at radius 3 is 2.50 bits per heavy atom. The van der Waals surface area contributed by atoms with Gasteiger partial charge in [0.1, 0.15) is 4.60 Å². The van der Waals surface area contributed by atoms with E-state index in [1.54, 1.807) is 0 Å². The van der Waals surface area contributed by atoms with Crippen LogP contribution < -0.4 is 5.73 Å². The van der Waals surface area contributed by atoms with Crippen LogP contribution in [0.3, 0.4) is 0 Å². The molecule has 0 saturated heterocycles. The van der Waals surface area contributed by atoms with E-state index >= 15 is 0 Å². The van der Waals surface area contributed by atoms with Crippen LogP contribution in [0.25, 0.3) is 0 Å². The van der Waals surface area contributed by atoms with Gasteiger partial charge in [0.25, 0.3) is 0 Å². The van der Waals surface area contributed by atoms with Crippen molar-refractivity contribution in [2.24, 2.45) is 0 Å². The molecule has 2 N–H and O–H groups in total. The molecule has 1 heterocycles. The summed E-state index contributed by atoms with van der Waals surface area (Å²) in [6, 6.07) is 7.90. The number of nitrogens with two attached hydrogens (primary N) is 1. The molecule has 0 aliphatic heterocycles. The predicted octanol–water partition coefficient (Wildman–Crippen LogP) is 3.93. The van der Waals surface area contributed by atoms with Crippen molar-refractivity contribution in [1.82, 2.24) is 4.98 Å². The Balaban J connectivity index is 2.02. The van der Waals surface area contributed by atoms with E-state index in [1.165, 1.54) is 21.8 Å². The number of nitrogens with zero attached hydrogens (tertiary/aromatic N) is 1. The molecule has 2 rings (SSSR count). The summed E-state index contributed by atoms with van der Waals surface area (Å²) in [4.78, 5) is 5.32. The maximum atomic E-state index is 5.83. The lowest BCUT2D eigenvalue weighted by atomic mass is 10.1. The quantitative estimate of drug-likeness (QED) is 0.931. The van der Waals surface area contributed by atoms with Gasteiger partial charge in [0.15, 0.2) is 5.13 Å². The fourth-order valence-corrected chi connectivity index (χ4v) is 3.01. The van der Waals surface area contributed by atoms with Crippen LogP contribution in [-0.2, 0) is 12.8 Å². The summed E-state index contributed by atoms with van der Waals surface area (Å²) in [5.74, 6) is 0. The number of aromatic nitrogens is 1. The normalized spacial score (nSPS) is 10.6. The number of anilines is 1. The Labute approximate surface area is 112 Å². The molecule has 0 bridgehead atoms. The van der Waals surface area contributed by atoms with Crippen LogP contribution >= 0.6 is 38.9 Å². The fourth-order valence-electron chi connectivity index (χ4n) is 1.41. The van der Waals surface area contributed by atoms with Gasteiger partial charge in [-0.3, -0.25) is 0 Å².